The summed E-state index contributed by atoms with van der Waals surface area (Å²) in [7, 11) is 1.48. The van der Waals surface area contributed by atoms with Crippen LogP contribution in [-0.4, -0.2) is 46.9 Å². The van der Waals surface area contributed by atoms with Crippen molar-refractivity contribution in [1.82, 2.24) is 15.5 Å². The predicted octanol–water partition coefficient (Wildman–Crippen LogP) is 1.73. The minimum atomic E-state index is -1.07. The molecule has 0 aliphatic heterocycles. The Bertz CT molecular complexity index is 656. The molecule has 1 amide bonds. The van der Waals surface area contributed by atoms with E-state index in [-0.39, 0.29) is 25.4 Å². The van der Waals surface area contributed by atoms with Crippen LogP contribution in [0.2, 0.25) is 0 Å². The van der Waals surface area contributed by atoms with Gasteiger partial charge in [-0.25, -0.2) is 4.79 Å². The molecule has 1 atom stereocenters. The highest BCUT2D eigenvalue weighted by Crippen LogP contribution is 2.21. The molecule has 0 bridgehead atoms. The van der Waals surface area contributed by atoms with Gasteiger partial charge in [0.2, 0.25) is 17.6 Å². The number of carboxylic acid groups (broad SMARTS) is 1. The van der Waals surface area contributed by atoms with Gasteiger partial charge in [0.1, 0.15) is 6.04 Å². The van der Waals surface area contributed by atoms with Crippen LogP contribution in [0.5, 0.6) is 0 Å². The Labute approximate surface area is 142 Å². The lowest BCUT2D eigenvalue weighted by Crippen LogP contribution is -2.41. The number of hydrogen-bond donors (Lipinski definition) is 2. The van der Waals surface area contributed by atoms with Crippen LogP contribution in [0.15, 0.2) is 22.0 Å². The smallest absolute Gasteiger partial charge is 0.326 e. The molecule has 2 heterocycles. The average molecular weight is 353 g/mol. The van der Waals surface area contributed by atoms with E-state index in [1.54, 1.807) is 0 Å². The van der Waals surface area contributed by atoms with E-state index < -0.39 is 12.0 Å². The minimum Gasteiger partial charge on any atom is -0.480 e. The number of nitrogens with one attached hydrogen (secondary N) is 1. The minimum absolute atomic E-state index is 0.188. The predicted molar refractivity (Wildman–Crippen MR) is 86.6 cm³/mol. The van der Waals surface area contributed by atoms with E-state index in [1.165, 1.54) is 18.4 Å². The Morgan fingerprint density at radius 1 is 1.50 bits per heavy atom. The van der Waals surface area contributed by atoms with Crippen molar-refractivity contribution in [3.8, 4) is 10.7 Å². The molecule has 1 unspecified atom stereocenters. The molecule has 0 aliphatic carbocycles. The molecule has 0 aromatic carbocycles. The molecule has 9 heteroatoms. The zero-order valence-electron chi connectivity index (χ0n) is 13.2. The molecular weight excluding hydrogens is 334 g/mol. The van der Waals surface area contributed by atoms with Gasteiger partial charge in [0, 0.05) is 33.0 Å². The van der Waals surface area contributed by atoms with Crippen LogP contribution in [0.4, 0.5) is 0 Å². The highest BCUT2D eigenvalue weighted by atomic mass is 32.1. The molecule has 24 heavy (non-hydrogen) atoms. The molecule has 2 N–H and O–H groups in total. The normalized spacial score (nSPS) is 12.0. The number of aryl methyl sites for hydroxylation is 1. The lowest BCUT2D eigenvalue weighted by Gasteiger charge is -2.13. The van der Waals surface area contributed by atoms with Gasteiger partial charge in [0.15, 0.2) is 0 Å². The number of methoxy groups -OCH3 is 1. The third-order valence-electron chi connectivity index (χ3n) is 3.25. The summed E-state index contributed by atoms with van der Waals surface area (Å²) in [5.41, 5.74) is 0. The Kier molecular flexibility index (Phi) is 6.89. The van der Waals surface area contributed by atoms with Gasteiger partial charge in [-0.1, -0.05) is 11.2 Å². The molecule has 130 valence electrons. The van der Waals surface area contributed by atoms with E-state index >= 15 is 0 Å². The van der Waals surface area contributed by atoms with Crippen LogP contribution in [0.3, 0.4) is 0 Å². The largest absolute Gasteiger partial charge is 0.480 e. The quantitative estimate of drug-likeness (QED) is 0.668. The van der Waals surface area contributed by atoms with E-state index in [4.69, 9.17) is 14.4 Å². The number of thiophene rings is 1. The second-order valence-corrected chi connectivity index (χ2v) is 6.03. The van der Waals surface area contributed by atoms with Crippen molar-refractivity contribution < 1.29 is 24.0 Å². The zero-order chi connectivity index (χ0) is 17.4. The number of carbonyl (C=O) groups excluding carboxylic acids is 1. The molecule has 0 saturated carbocycles. The summed E-state index contributed by atoms with van der Waals surface area (Å²) in [5.74, 6) is -0.398. The number of ether oxygens (including phenoxy) is 1. The number of aromatic nitrogens is 2. The van der Waals surface area contributed by atoms with Crippen molar-refractivity contribution in [1.29, 1.82) is 0 Å². The summed E-state index contributed by atoms with van der Waals surface area (Å²) in [5, 5.41) is 17.3. The first-order valence-corrected chi connectivity index (χ1v) is 8.35. The first-order chi connectivity index (χ1) is 11.6. The Morgan fingerprint density at radius 3 is 3.00 bits per heavy atom. The van der Waals surface area contributed by atoms with Crippen molar-refractivity contribution in [2.45, 2.75) is 31.7 Å². The summed E-state index contributed by atoms with van der Waals surface area (Å²) in [6.45, 7) is 0.269. The van der Waals surface area contributed by atoms with E-state index in [0.29, 0.717) is 24.6 Å². The topological polar surface area (TPSA) is 115 Å². The summed E-state index contributed by atoms with van der Waals surface area (Å²) < 4.78 is 9.98. The Hall–Kier alpha value is -2.26. The van der Waals surface area contributed by atoms with Gasteiger partial charge in [-0.3, -0.25) is 4.79 Å². The lowest BCUT2D eigenvalue weighted by molar-refractivity contribution is -0.142. The maximum absolute atomic E-state index is 11.8. The van der Waals surface area contributed by atoms with Crippen molar-refractivity contribution in [2.75, 3.05) is 13.7 Å². The van der Waals surface area contributed by atoms with Crippen LogP contribution in [-0.2, 0) is 20.7 Å². The van der Waals surface area contributed by atoms with Gasteiger partial charge in [-0.05, 0) is 17.9 Å². The number of hydrogen-bond acceptors (Lipinski definition) is 7. The van der Waals surface area contributed by atoms with Crippen molar-refractivity contribution in [2.24, 2.45) is 0 Å². The highest BCUT2D eigenvalue weighted by Gasteiger charge is 2.19. The number of carboxylic acids is 1. The Morgan fingerprint density at radius 2 is 2.33 bits per heavy atom. The third kappa shape index (κ3) is 5.43. The van der Waals surface area contributed by atoms with Gasteiger partial charge in [0.05, 0.1) is 4.88 Å². The van der Waals surface area contributed by atoms with Crippen LogP contribution in [0, 0.1) is 0 Å². The fourth-order valence-corrected chi connectivity index (χ4v) is 2.67. The molecule has 2 aromatic heterocycles. The molecule has 0 spiro atoms. The number of amides is 1. The standard InChI is InChI=1S/C15H19N3O5S/c1-22-8-7-10(15(20)21)16-12(19)5-2-6-13-17-14(18-23-13)11-4-3-9-24-11/h3-4,9-10H,2,5-8H2,1H3,(H,16,19)(H,20,21). The van der Waals surface area contributed by atoms with E-state index in [9.17, 15) is 9.59 Å². The molecule has 2 rings (SSSR count). The van der Waals surface area contributed by atoms with Gasteiger partial charge >= 0.3 is 5.97 Å². The lowest BCUT2D eigenvalue weighted by atomic mass is 10.2. The molecule has 0 aliphatic rings. The van der Waals surface area contributed by atoms with Crippen molar-refractivity contribution >= 4 is 23.2 Å². The van der Waals surface area contributed by atoms with Gasteiger partial charge < -0.3 is 19.7 Å². The van der Waals surface area contributed by atoms with Gasteiger partial charge in [-0.2, -0.15) is 4.98 Å². The highest BCUT2D eigenvalue weighted by molar-refractivity contribution is 7.13. The van der Waals surface area contributed by atoms with Crippen molar-refractivity contribution in [3.05, 3.63) is 23.4 Å². The van der Waals surface area contributed by atoms with E-state index in [0.717, 1.165) is 4.88 Å². The van der Waals surface area contributed by atoms with E-state index in [2.05, 4.69) is 15.5 Å². The number of rotatable bonds is 10. The third-order valence-corrected chi connectivity index (χ3v) is 4.11. The van der Waals surface area contributed by atoms with Crippen LogP contribution < -0.4 is 5.32 Å². The molecule has 0 saturated heterocycles. The number of aliphatic carboxylic acids is 1. The fraction of sp³-hybridized carbons (Fsp3) is 0.467. The second kappa shape index (κ2) is 9.14. The van der Waals surface area contributed by atoms with Crippen LogP contribution >= 0.6 is 11.3 Å². The molecular formula is C15H19N3O5S. The van der Waals surface area contributed by atoms with E-state index in [1.807, 2.05) is 17.5 Å². The van der Waals surface area contributed by atoms with Gasteiger partial charge in [-0.15, -0.1) is 11.3 Å². The number of nitrogens with zero attached hydrogens (tertiary/aromatic N) is 2. The van der Waals surface area contributed by atoms with Crippen molar-refractivity contribution in [3.63, 3.8) is 0 Å². The monoisotopic (exact) mass is 353 g/mol. The summed E-state index contributed by atoms with van der Waals surface area (Å²) in [6.07, 6.45) is 1.37. The second-order valence-electron chi connectivity index (χ2n) is 5.08. The van der Waals surface area contributed by atoms with Crippen LogP contribution in [0.1, 0.15) is 25.2 Å². The molecule has 0 radical (unpaired) electrons. The molecule has 0 fully saturated rings. The fourth-order valence-electron chi connectivity index (χ4n) is 2.02. The zero-order valence-corrected chi connectivity index (χ0v) is 14.0. The Balaban J connectivity index is 1.75. The van der Waals surface area contributed by atoms with Crippen LogP contribution in [0.25, 0.3) is 10.7 Å². The first-order valence-electron chi connectivity index (χ1n) is 7.47. The van der Waals surface area contributed by atoms with Gasteiger partial charge in [0.25, 0.3) is 0 Å². The molecule has 2 aromatic rings. The summed E-state index contributed by atoms with van der Waals surface area (Å²) in [6, 6.07) is 2.87. The average Bonchev–Trinajstić information content (AvgIpc) is 3.22. The number of carbonyl (C=O) groups is 2. The summed E-state index contributed by atoms with van der Waals surface area (Å²) >= 11 is 1.52. The summed E-state index contributed by atoms with van der Waals surface area (Å²) in [4.78, 5) is 28.1. The SMILES string of the molecule is COCCC(NC(=O)CCCc1nc(-c2cccs2)no1)C(=O)O. The maximum Gasteiger partial charge on any atom is 0.326 e. The maximum atomic E-state index is 11.8. The first kappa shape index (κ1) is 18.1. The molecule has 8 nitrogen and oxygen atoms in total.